The molecule has 1 unspecified atom stereocenters. The molecule has 0 bridgehead atoms. The predicted molar refractivity (Wildman–Crippen MR) is 78.5 cm³/mol. The first kappa shape index (κ1) is 13.1. The third-order valence-electron chi connectivity index (χ3n) is 3.23. The predicted octanol–water partition coefficient (Wildman–Crippen LogP) is 3.01. The number of hydrogen-bond donors (Lipinski definition) is 1. The first-order valence-electron chi connectivity index (χ1n) is 6.57. The van der Waals surface area contributed by atoms with Crippen molar-refractivity contribution in [3.63, 3.8) is 0 Å². The van der Waals surface area contributed by atoms with Crippen LogP contribution in [-0.2, 0) is 6.54 Å². The summed E-state index contributed by atoms with van der Waals surface area (Å²) < 4.78 is 0. The Kier molecular flexibility index (Phi) is 4.34. The normalized spacial score (nSPS) is 13.1. The van der Waals surface area contributed by atoms with Gasteiger partial charge in [-0.1, -0.05) is 36.4 Å². The zero-order valence-electron chi connectivity index (χ0n) is 11.3. The van der Waals surface area contributed by atoms with E-state index in [2.05, 4.69) is 61.3 Å². The first-order chi connectivity index (χ1) is 8.65. The fourth-order valence-electron chi connectivity index (χ4n) is 2.15. The maximum atomic E-state index is 5.78. The molecular formula is C16H22N2. The Bertz CT molecular complexity index is 505. The molecule has 0 amide bonds. The highest BCUT2D eigenvalue weighted by Gasteiger charge is 2.03. The molecule has 2 rings (SSSR count). The lowest BCUT2D eigenvalue weighted by Crippen LogP contribution is -2.25. The molecule has 1 atom stereocenters. The van der Waals surface area contributed by atoms with Crippen molar-refractivity contribution in [2.75, 3.05) is 13.6 Å². The molecule has 18 heavy (non-hydrogen) atoms. The monoisotopic (exact) mass is 242 g/mol. The summed E-state index contributed by atoms with van der Waals surface area (Å²) >= 11 is 0. The van der Waals surface area contributed by atoms with Crippen LogP contribution in [-0.4, -0.2) is 24.5 Å². The van der Waals surface area contributed by atoms with Crippen LogP contribution in [0.25, 0.3) is 10.8 Å². The Morgan fingerprint density at radius 2 is 1.83 bits per heavy atom. The molecular weight excluding hydrogens is 220 g/mol. The van der Waals surface area contributed by atoms with Gasteiger partial charge in [-0.05, 0) is 49.3 Å². The molecule has 2 heteroatoms. The SMILES string of the molecule is CC(N)CCN(C)Cc1ccc2ccccc2c1. The molecule has 0 saturated heterocycles. The van der Waals surface area contributed by atoms with Crippen LogP contribution in [0.15, 0.2) is 42.5 Å². The molecule has 96 valence electrons. The molecule has 0 aromatic heterocycles. The Hall–Kier alpha value is -1.38. The Morgan fingerprint density at radius 3 is 2.56 bits per heavy atom. The van der Waals surface area contributed by atoms with Gasteiger partial charge in [0.15, 0.2) is 0 Å². The molecule has 0 aliphatic carbocycles. The van der Waals surface area contributed by atoms with Gasteiger partial charge in [-0.3, -0.25) is 0 Å². The van der Waals surface area contributed by atoms with Crippen LogP contribution in [0.5, 0.6) is 0 Å². The average Bonchev–Trinajstić information content (AvgIpc) is 2.36. The smallest absolute Gasteiger partial charge is 0.0230 e. The summed E-state index contributed by atoms with van der Waals surface area (Å²) in [6, 6.07) is 15.5. The van der Waals surface area contributed by atoms with Gasteiger partial charge in [0.2, 0.25) is 0 Å². The summed E-state index contributed by atoms with van der Waals surface area (Å²) in [5, 5.41) is 2.62. The lowest BCUT2D eigenvalue weighted by Gasteiger charge is -2.18. The second kappa shape index (κ2) is 5.98. The van der Waals surface area contributed by atoms with E-state index in [0.717, 1.165) is 19.5 Å². The summed E-state index contributed by atoms with van der Waals surface area (Å²) in [6.45, 7) is 4.09. The van der Waals surface area contributed by atoms with E-state index in [1.807, 2.05) is 0 Å². The molecule has 0 heterocycles. The Balaban J connectivity index is 2.03. The van der Waals surface area contributed by atoms with Crippen LogP contribution in [0.3, 0.4) is 0 Å². The van der Waals surface area contributed by atoms with Gasteiger partial charge < -0.3 is 10.6 Å². The molecule has 0 aliphatic heterocycles. The van der Waals surface area contributed by atoms with Gasteiger partial charge >= 0.3 is 0 Å². The third kappa shape index (κ3) is 3.56. The zero-order chi connectivity index (χ0) is 13.0. The number of benzene rings is 2. The van der Waals surface area contributed by atoms with Crippen LogP contribution in [0.4, 0.5) is 0 Å². The van der Waals surface area contributed by atoms with E-state index in [4.69, 9.17) is 5.73 Å². The molecule has 0 saturated carbocycles. The van der Waals surface area contributed by atoms with Crippen molar-refractivity contribution in [1.82, 2.24) is 4.90 Å². The molecule has 2 N–H and O–H groups in total. The molecule has 0 aliphatic rings. The van der Waals surface area contributed by atoms with Gasteiger partial charge in [0.25, 0.3) is 0 Å². The molecule has 0 spiro atoms. The average molecular weight is 242 g/mol. The summed E-state index contributed by atoms with van der Waals surface area (Å²) in [5.74, 6) is 0. The van der Waals surface area contributed by atoms with Crippen molar-refractivity contribution in [3.8, 4) is 0 Å². The number of rotatable bonds is 5. The van der Waals surface area contributed by atoms with Crippen LogP contribution in [0.2, 0.25) is 0 Å². The molecule has 0 radical (unpaired) electrons. The number of hydrogen-bond acceptors (Lipinski definition) is 2. The highest BCUT2D eigenvalue weighted by molar-refractivity contribution is 5.82. The van der Waals surface area contributed by atoms with E-state index in [0.29, 0.717) is 0 Å². The number of fused-ring (bicyclic) bond motifs is 1. The van der Waals surface area contributed by atoms with Crippen molar-refractivity contribution >= 4 is 10.8 Å². The number of nitrogens with zero attached hydrogens (tertiary/aromatic N) is 1. The molecule has 0 fully saturated rings. The summed E-state index contributed by atoms with van der Waals surface area (Å²) in [7, 11) is 2.15. The fraction of sp³-hybridized carbons (Fsp3) is 0.375. The van der Waals surface area contributed by atoms with Crippen molar-refractivity contribution < 1.29 is 0 Å². The highest BCUT2D eigenvalue weighted by atomic mass is 15.1. The van der Waals surface area contributed by atoms with Crippen LogP contribution < -0.4 is 5.73 Å². The second-order valence-corrected chi connectivity index (χ2v) is 5.19. The van der Waals surface area contributed by atoms with Crippen molar-refractivity contribution in [2.24, 2.45) is 5.73 Å². The van der Waals surface area contributed by atoms with Gasteiger partial charge in [0, 0.05) is 12.6 Å². The van der Waals surface area contributed by atoms with Gasteiger partial charge in [-0.25, -0.2) is 0 Å². The standard InChI is InChI=1S/C16H22N2/c1-13(17)9-10-18(2)12-14-7-8-15-5-3-4-6-16(15)11-14/h3-8,11,13H,9-10,12,17H2,1-2H3. The molecule has 2 aromatic rings. The summed E-state index contributed by atoms with van der Waals surface area (Å²) in [4.78, 5) is 2.33. The van der Waals surface area contributed by atoms with Gasteiger partial charge in [-0.15, -0.1) is 0 Å². The van der Waals surface area contributed by atoms with Crippen molar-refractivity contribution in [3.05, 3.63) is 48.0 Å². The first-order valence-corrected chi connectivity index (χ1v) is 6.57. The van der Waals surface area contributed by atoms with Crippen LogP contribution in [0.1, 0.15) is 18.9 Å². The maximum absolute atomic E-state index is 5.78. The highest BCUT2D eigenvalue weighted by Crippen LogP contribution is 2.16. The lowest BCUT2D eigenvalue weighted by atomic mass is 10.1. The summed E-state index contributed by atoms with van der Waals surface area (Å²) in [5.41, 5.74) is 7.14. The van der Waals surface area contributed by atoms with E-state index in [1.54, 1.807) is 0 Å². The topological polar surface area (TPSA) is 29.3 Å². The molecule has 2 nitrogen and oxygen atoms in total. The van der Waals surface area contributed by atoms with E-state index in [9.17, 15) is 0 Å². The van der Waals surface area contributed by atoms with Crippen LogP contribution >= 0.6 is 0 Å². The third-order valence-corrected chi connectivity index (χ3v) is 3.23. The minimum atomic E-state index is 0.282. The lowest BCUT2D eigenvalue weighted by molar-refractivity contribution is 0.313. The van der Waals surface area contributed by atoms with Crippen molar-refractivity contribution in [2.45, 2.75) is 25.9 Å². The van der Waals surface area contributed by atoms with Gasteiger partial charge in [-0.2, -0.15) is 0 Å². The minimum Gasteiger partial charge on any atom is -0.328 e. The van der Waals surface area contributed by atoms with E-state index in [-0.39, 0.29) is 6.04 Å². The summed E-state index contributed by atoms with van der Waals surface area (Å²) in [6.07, 6.45) is 1.05. The van der Waals surface area contributed by atoms with E-state index in [1.165, 1.54) is 16.3 Å². The van der Waals surface area contributed by atoms with Crippen LogP contribution in [0, 0.1) is 0 Å². The maximum Gasteiger partial charge on any atom is 0.0230 e. The van der Waals surface area contributed by atoms with Crippen molar-refractivity contribution in [1.29, 1.82) is 0 Å². The largest absolute Gasteiger partial charge is 0.328 e. The minimum absolute atomic E-state index is 0.282. The van der Waals surface area contributed by atoms with E-state index >= 15 is 0 Å². The van der Waals surface area contributed by atoms with Gasteiger partial charge in [0.05, 0.1) is 0 Å². The number of nitrogens with two attached hydrogens (primary N) is 1. The quantitative estimate of drug-likeness (QED) is 0.873. The zero-order valence-corrected chi connectivity index (χ0v) is 11.3. The van der Waals surface area contributed by atoms with E-state index < -0.39 is 0 Å². The Morgan fingerprint density at radius 1 is 1.11 bits per heavy atom. The fourth-order valence-corrected chi connectivity index (χ4v) is 2.15. The second-order valence-electron chi connectivity index (χ2n) is 5.19. The Labute approximate surface area is 109 Å². The molecule has 2 aromatic carbocycles. The van der Waals surface area contributed by atoms with Gasteiger partial charge in [0.1, 0.15) is 0 Å².